The van der Waals surface area contributed by atoms with Crippen LogP contribution in [0.4, 0.5) is 14.5 Å². The average molecular weight is 314 g/mol. The van der Waals surface area contributed by atoms with Crippen molar-refractivity contribution in [3.8, 4) is 5.75 Å². The van der Waals surface area contributed by atoms with Crippen LogP contribution in [-0.4, -0.2) is 13.5 Å². The van der Waals surface area contributed by atoms with Gasteiger partial charge in [-0.25, -0.2) is 21.9 Å². The number of phenols is 1. The molecular weight excluding hydrogens is 302 g/mol. The first-order chi connectivity index (χ1) is 9.79. The normalized spacial score (nSPS) is 11.5. The number of sulfonamides is 1. The van der Waals surface area contributed by atoms with E-state index in [1.165, 1.54) is 18.2 Å². The quantitative estimate of drug-likeness (QED) is 0.592. The van der Waals surface area contributed by atoms with Gasteiger partial charge in [-0.05, 0) is 36.4 Å². The van der Waals surface area contributed by atoms with Crippen LogP contribution in [0.2, 0.25) is 0 Å². The molecule has 2 rings (SSSR count). The number of phenolic OH excluding ortho intramolecular Hbond substituents is 1. The Bertz CT molecular complexity index is 779. The van der Waals surface area contributed by atoms with Gasteiger partial charge in [0.1, 0.15) is 5.75 Å². The van der Waals surface area contributed by atoms with Crippen molar-refractivity contribution in [3.05, 3.63) is 53.6 Å². The fourth-order valence-electron chi connectivity index (χ4n) is 1.65. The fraction of sp³-hybridized carbons (Fsp3) is 0.0769. The maximum absolute atomic E-state index is 13.1. The highest BCUT2D eigenvalue weighted by atomic mass is 32.2. The predicted molar refractivity (Wildman–Crippen MR) is 72.9 cm³/mol. The SMILES string of the molecule is Nc1ccc(O)c(CNS(=O)(=O)c2ccc(F)c(F)c2)c1. The van der Waals surface area contributed by atoms with Crippen LogP contribution < -0.4 is 10.5 Å². The minimum atomic E-state index is -4.04. The highest BCUT2D eigenvalue weighted by Gasteiger charge is 2.17. The van der Waals surface area contributed by atoms with Crippen LogP contribution >= 0.6 is 0 Å². The number of hydrogen-bond donors (Lipinski definition) is 3. The molecule has 0 radical (unpaired) electrons. The van der Waals surface area contributed by atoms with Gasteiger partial charge in [-0.3, -0.25) is 0 Å². The summed E-state index contributed by atoms with van der Waals surface area (Å²) in [6.07, 6.45) is 0. The van der Waals surface area contributed by atoms with Crippen LogP contribution in [0.15, 0.2) is 41.3 Å². The Morgan fingerprint density at radius 1 is 1.10 bits per heavy atom. The minimum Gasteiger partial charge on any atom is -0.508 e. The molecule has 2 aromatic carbocycles. The van der Waals surface area contributed by atoms with Crippen LogP contribution in [0.1, 0.15) is 5.56 Å². The lowest BCUT2D eigenvalue weighted by atomic mass is 10.2. The molecule has 0 aliphatic heterocycles. The Balaban J connectivity index is 2.21. The second-order valence-electron chi connectivity index (χ2n) is 4.29. The summed E-state index contributed by atoms with van der Waals surface area (Å²) in [5, 5.41) is 9.58. The topological polar surface area (TPSA) is 92.4 Å². The summed E-state index contributed by atoms with van der Waals surface area (Å²) in [4.78, 5) is -0.412. The van der Waals surface area contributed by atoms with Crippen molar-refractivity contribution in [2.45, 2.75) is 11.4 Å². The van der Waals surface area contributed by atoms with Crippen LogP contribution in [0.25, 0.3) is 0 Å². The lowest BCUT2D eigenvalue weighted by Crippen LogP contribution is -2.23. The standard InChI is InChI=1S/C13H12F2N2O3S/c14-11-3-2-10(6-12(11)15)21(19,20)17-7-8-5-9(16)1-4-13(8)18/h1-6,17-18H,7,16H2. The molecule has 5 nitrogen and oxygen atoms in total. The number of halogens is 2. The van der Waals surface area contributed by atoms with E-state index in [1.54, 1.807) is 0 Å². The van der Waals surface area contributed by atoms with Gasteiger partial charge in [0.05, 0.1) is 4.90 Å². The van der Waals surface area contributed by atoms with Crippen LogP contribution in [0.3, 0.4) is 0 Å². The molecule has 0 saturated carbocycles. The molecule has 0 aromatic heterocycles. The Morgan fingerprint density at radius 2 is 1.81 bits per heavy atom. The summed E-state index contributed by atoms with van der Waals surface area (Å²) >= 11 is 0. The van der Waals surface area contributed by atoms with Gasteiger partial charge in [-0.1, -0.05) is 0 Å². The van der Waals surface area contributed by atoms with Gasteiger partial charge in [0, 0.05) is 17.8 Å². The lowest BCUT2D eigenvalue weighted by molar-refractivity contribution is 0.467. The highest BCUT2D eigenvalue weighted by Crippen LogP contribution is 2.20. The molecule has 0 fully saturated rings. The Hall–Kier alpha value is -2.19. The van der Waals surface area contributed by atoms with Crippen LogP contribution in [-0.2, 0) is 16.6 Å². The van der Waals surface area contributed by atoms with Gasteiger partial charge in [0.15, 0.2) is 11.6 Å². The second kappa shape index (κ2) is 5.66. The Labute approximate surface area is 120 Å². The van der Waals surface area contributed by atoms with E-state index in [0.717, 1.165) is 12.1 Å². The largest absolute Gasteiger partial charge is 0.508 e. The van der Waals surface area contributed by atoms with E-state index in [9.17, 15) is 22.3 Å². The molecule has 0 aliphatic rings. The number of rotatable bonds is 4. The number of nitrogens with one attached hydrogen (secondary N) is 1. The van der Waals surface area contributed by atoms with Gasteiger partial charge in [-0.2, -0.15) is 0 Å². The van der Waals surface area contributed by atoms with Crippen LogP contribution in [0, 0.1) is 11.6 Å². The van der Waals surface area contributed by atoms with E-state index < -0.39 is 26.6 Å². The van der Waals surface area contributed by atoms with Crippen molar-refractivity contribution in [2.24, 2.45) is 0 Å². The highest BCUT2D eigenvalue weighted by molar-refractivity contribution is 7.89. The molecular formula is C13H12F2N2O3S. The fourth-order valence-corrected chi connectivity index (χ4v) is 2.67. The van der Waals surface area contributed by atoms with Crippen molar-refractivity contribution in [1.82, 2.24) is 4.72 Å². The summed E-state index contributed by atoms with van der Waals surface area (Å²) in [5.74, 6) is -2.52. The van der Waals surface area contributed by atoms with Gasteiger partial charge >= 0.3 is 0 Å². The van der Waals surface area contributed by atoms with Gasteiger partial charge in [-0.15, -0.1) is 0 Å². The van der Waals surface area contributed by atoms with Gasteiger partial charge in [0.25, 0.3) is 0 Å². The third kappa shape index (κ3) is 3.47. The molecule has 2 aromatic rings. The third-order valence-electron chi connectivity index (χ3n) is 2.76. The average Bonchev–Trinajstić information content (AvgIpc) is 2.43. The third-order valence-corrected chi connectivity index (χ3v) is 4.16. The van der Waals surface area contributed by atoms with Crippen molar-refractivity contribution < 1.29 is 22.3 Å². The van der Waals surface area contributed by atoms with Crippen LogP contribution in [0.5, 0.6) is 5.75 Å². The van der Waals surface area contributed by atoms with Gasteiger partial charge in [0.2, 0.25) is 10.0 Å². The smallest absolute Gasteiger partial charge is 0.240 e. The monoisotopic (exact) mass is 314 g/mol. The maximum Gasteiger partial charge on any atom is 0.240 e. The van der Waals surface area contributed by atoms with E-state index in [1.807, 2.05) is 0 Å². The molecule has 0 aliphatic carbocycles. The van der Waals surface area contributed by atoms with E-state index in [-0.39, 0.29) is 17.9 Å². The van der Waals surface area contributed by atoms with Crippen molar-refractivity contribution >= 4 is 15.7 Å². The Kier molecular flexibility index (Phi) is 4.10. The molecule has 0 heterocycles. The van der Waals surface area contributed by atoms with Crippen molar-refractivity contribution in [1.29, 1.82) is 0 Å². The number of anilines is 1. The lowest BCUT2D eigenvalue weighted by Gasteiger charge is -2.09. The van der Waals surface area contributed by atoms with Crippen molar-refractivity contribution in [3.63, 3.8) is 0 Å². The Morgan fingerprint density at radius 3 is 2.48 bits per heavy atom. The summed E-state index contributed by atoms with van der Waals surface area (Å²) < 4.78 is 51.9. The first-order valence-electron chi connectivity index (χ1n) is 5.82. The predicted octanol–water partition coefficient (Wildman–Crippen LogP) is 1.73. The first-order valence-corrected chi connectivity index (χ1v) is 7.30. The van der Waals surface area contributed by atoms with E-state index in [0.29, 0.717) is 11.8 Å². The molecule has 0 unspecified atom stereocenters. The van der Waals surface area contributed by atoms with E-state index in [4.69, 9.17) is 5.73 Å². The zero-order valence-electron chi connectivity index (χ0n) is 10.7. The molecule has 0 atom stereocenters. The van der Waals surface area contributed by atoms with Gasteiger partial charge < -0.3 is 10.8 Å². The first kappa shape index (κ1) is 15.2. The van der Waals surface area contributed by atoms with Crippen molar-refractivity contribution in [2.75, 3.05) is 5.73 Å². The summed E-state index contributed by atoms with van der Waals surface area (Å²) in [5.41, 5.74) is 6.16. The molecule has 0 spiro atoms. The molecule has 4 N–H and O–H groups in total. The molecule has 0 amide bonds. The number of benzene rings is 2. The number of aromatic hydroxyl groups is 1. The maximum atomic E-state index is 13.1. The summed E-state index contributed by atoms with van der Waals surface area (Å²) in [6.45, 7) is -0.238. The molecule has 21 heavy (non-hydrogen) atoms. The summed E-state index contributed by atoms with van der Waals surface area (Å²) in [7, 11) is -4.04. The molecule has 0 bridgehead atoms. The number of hydrogen-bond acceptors (Lipinski definition) is 4. The zero-order chi connectivity index (χ0) is 15.6. The second-order valence-corrected chi connectivity index (χ2v) is 6.06. The number of nitrogens with two attached hydrogens (primary N) is 1. The molecule has 0 saturated heterocycles. The van der Waals surface area contributed by atoms with E-state index in [2.05, 4.69) is 4.72 Å². The zero-order valence-corrected chi connectivity index (χ0v) is 11.5. The summed E-state index contributed by atoms with van der Waals surface area (Å²) in [6, 6.07) is 6.45. The minimum absolute atomic E-state index is 0.128. The molecule has 112 valence electrons. The molecule has 8 heteroatoms. The van der Waals surface area contributed by atoms with E-state index >= 15 is 0 Å². The number of nitrogen functional groups attached to an aromatic ring is 1.